The number of esters is 1. The number of non-ortho nitro benzene ring substituents is 1. The molecule has 0 spiro atoms. The van der Waals surface area contributed by atoms with Gasteiger partial charge in [0.2, 0.25) is 0 Å². The summed E-state index contributed by atoms with van der Waals surface area (Å²) in [6.45, 7) is 3.58. The summed E-state index contributed by atoms with van der Waals surface area (Å²) in [7, 11) is -3.97. The topological polar surface area (TPSA) is 107 Å². The lowest BCUT2D eigenvalue weighted by Gasteiger charge is -2.23. The summed E-state index contributed by atoms with van der Waals surface area (Å²) in [6.07, 6.45) is 0. The van der Waals surface area contributed by atoms with E-state index in [1.54, 1.807) is 13.8 Å². The summed E-state index contributed by atoms with van der Waals surface area (Å²) < 4.78 is 31.8. The summed E-state index contributed by atoms with van der Waals surface area (Å²) in [5.74, 6) is -0.602. The summed E-state index contributed by atoms with van der Waals surface area (Å²) >= 11 is 6.12. The number of anilines is 1. The van der Waals surface area contributed by atoms with Crippen LogP contribution in [0.25, 0.3) is 0 Å². The minimum absolute atomic E-state index is 0.0586. The molecule has 0 aliphatic heterocycles. The third kappa shape index (κ3) is 4.37. The van der Waals surface area contributed by atoms with Gasteiger partial charge >= 0.3 is 5.97 Å². The average molecular weight is 413 g/mol. The molecule has 0 amide bonds. The Morgan fingerprint density at radius 2 is 1.81 bits per heavy atom. The van der Waals surface area contributed by atoms with Crippen LogP contribution in [0.2, 0.25) is 5.02 Å². The Morgan fingerprint density at radius 3 is 2.30 bits per heavy atom. The molecule has 2 aromatic rings. The molecule has 2 aromatic carbocycles. The lowest BCUT2D eigenvalue weighted by molar-refractivity contribution is -0.384. The minimum Gasteiger partial charge on any atom is -0.462 e. The molecule has 10 heteroatoms. The van der Waals surface area contributed by atoms with Gasteiger partial charge in [-0.25, -0.2) is 13.2 Å². The van der Waals surface area contributed by atoms with Crippen LogP contribution >= 0.6 is 11.6 Å². The number of nitro groups is 1. The van der Waals surface area contributed by atoms with Crippen LogP contribution in [0.4, 0.5) is 11.4 Å². The predicted molar refractivity (Wildman–Crippen MR) is 101 cm³/mol. The molecule has 0 heterocycles. The van der Waals surface area contributed by atoms with E-state index in [4.69, 9.17) is 16.3 Å². The van der Waals surface area contributed by atoms with Crippen LogP contribution in [0.5, 0.6) is 0 Å². The zero-order valence-corrected chi connectivity index (χ0v) is 16.2. The van der Waals surface area contributed by atoms with Crippen molar-refractivity contribution in [1.29, 1.82) is 0 Å². The van der Waals surface area contributed by atoms with Gasteiger partial charge in [0.05, 0.1) is 32.7 Å². The SMILES string of the molecule is CCOC(=O)c1ccc(N(CC)S(=O)(=O)c2ccc([N+](=O)[O-])cc2)cc1Cl. The van der Waals surface area contributed by atoms with Crippen LogP contribution in [-0.4, -0.2) is 32.5 Å². The molecule has 0 unspecified atom stereocenters. The van der Waals surface area contributed by atoms with Crippen LogP contribution in [0.1, 0.15) is 24.2 Å². The standard InChI is InChI=1S/C17H17ClN2O6S/c1-3-19(13-7-10-15(16(18)11-13)17(21)26-4-2)27(24,25)14-8-5-12(6-9-14)20(22)23/h5-11H,3-4H2,1-2H3. The number of carbonyl (C=O) groups is 1. The van der Waals surface area contributed by atoms with Crippen LogP contribution in [0.15, 0.2) is 47.4 Å². The van der Waals surface area contributed by atoms with Crippen molar-refractivity contribution in [3.63, 3.8) is 0 Å². The maximum absolute atomic E-state index is 12.9. The maximum atomic E-state index is 12.9. The molecule has 8 nitrogen and oxygen atoms in total. The number of ether oxygens (including phenoxy) is 1. The Morgan fingerprint density at radius 1 is 1.19 bits per heavy atom. The minimum atomic E-state index is -3.97. The summed E-state index contributed by atoms with van der Waals surface area (Å²) in [5, 5.41) is 10.8. The Kier molecular flexibility index (Phi) is 6.40. The van der Waals surface area contributed by atoms with Crippen molar-refractivity contribution in [3.8, 4) is 0 Å². The number of nitro benzene ring substituents is 1. The molecular weight excluding hydrogens is 396 g/mol. The van der Waals surface area contributed by atoms with Crippen molar-refractivity contribution in [1.82, 2.24) is 0 Å². The fraction of sp³-hybridized carbons (Fsp3) is 0.235. The maximum Gasteiger partial charge on any atom is 0.339 e. The molecule has 0 saturated heterocycles. The van der Waals surface area contributed by atoms with Crippen molar-refractivity contribution in [2.24, 2.45) is 0 Å². The molecule has 0 radical (unpaired) electrons. The summed E-state index contributed by atoms with van der Waals surface area (Å²) in [4.78, 5) is 21.9. The Hall–Kier alpha value is -2.65. The molecule has 0 fully saturated rings. The number of carbonyl (C=O) groups excluding carboxylic acids is 1. The van der Waals surface area contributed by atoms with E-state index in [1.807, 2.05) is 0 Å². The van der Waals surface area contributed by atoms with Crippen molar-refractivity contribution < 1.29 is 22.9 Å². The monoisotopic (exact) mass is 412 g/mol. The lowest BCUT2D eigenvalue weighted by atomic mass is 10.2. The smallest absolute Gasteiger partial charge is 0.339 e. The highest BCUT2D eigenvalue weighted by molar-refractivity contribution is 7.92. The highest BCUT2D eigenvalue weighted by Gasteiger charge is 2.25. The van der Waals surface area contributed by atoms with E-state index >= 15 is 0 Å². The van der Waals surface area contributed by atoms with Crippen LogP contribution < -0.4 is 4.31 Å². The Balaban J connectivity index is 2.41. The van der Waals surface area contributed by atoms with Gasteiger partial charge in [-0.15, -0.1) is 0 Å². The Bertz CT molecular complexity index is 960. The quantitative estimate of drug-likeness (QED) is 0.390. The normalized spacial score (nSPS) is 11.1. The van der Waals surface area contributed by atoms with Gasteiger partial charge in [0.15, 0.2) is 0 Å². The average Bonchev–Trinajstić information content (AvgIpc) is 2.62. The van der Waals surface area contributed by atoms with E-state index in [-0.39, 0.29) is 40.0 Å². The zero-order chi connectivity index (χ0) is 20.2. The molecule has 0 aliphatic rings. The van der Waals surface area contributed by atoms with E-state index in [0.29, 0.717) is 0 Å². The fourth-order valence-corrected chi connectivity index (χ4v) is 4.11. The third-order valence-corrected chi connectivity index (χ3v) is 5.89. The predicted octanol–water partition coefficient (Wildman–Crippen LogP) is 3.64. The van der Waals surface area contributed by atoms with Crippen molar-refractivity contribution >= 4 is 39.0 Å². The molecular formula is C17H17ClN2O6S. The molecule has 2 rings (SSSR count). The van der Waals surface area contributed by atoms with Gasteiger partial charge in [0.1, 0.15) is 0 Å². The molecule has 0 aromatic heterocycles. The van der Waals surface area contributed by atoms with Gasteiger partial charge in [-0.2, -0.15) is 0 Å². The van der Waals surface area contributed by atoms with E-state index in [9.17, 15) is 23.3 Å². The van der Waals surface area contributed by atoms with E-state index in [2.05, 4.69) is 0 Å². The number of sulfonamides is 1. The Labute approximate surface area is 161 Å². The first-order chi connectivity index (χ1) is 12.7. The van der Waals surface area contributed by atoms with E-state index in [1.165, 1.54) is 30.3 Å². The number of rotatable bonds is 7. The van der Waals surface area contributed by atoms with Crippen LogP contribution in [0.3, 0.4) is 0 Å². The molecule has 0 N–H and O–H groups in total. The van der Waals surface area contributed by atoms with Gasteiger partial charge < -0.3 is 4.74 Å². The van der Waals surface area contributed by atoms with Crippen molar-refractivity contribution in [2.45, 2.75) is 18.7 Å². The second-order valence-electron chi connectivity index (χ2n) is 5.31. The molecule has 27 heavy (non-hydrogen) atoms. The molecule has 0 atom stereocenters. The molecule has 0 saturated carbocycles. The van der Waals surface area contributed by atoms with E-state index in [0.717, 1.165) is 16.4 Å². The van der Waals surface area contributed by atoms with Gasteiger partial charge in [0, 0.05) is 18.7 Å². The number of hydrogen-bond acceptors (Lipinski definition) is 6. The van der Waals surface area contributed by atoms with Crippen molar-refractivity contribution in [2.75, 3.05) is 17.5 Å². The first-order valence-corrected chi connectivity index (χ1v) is 9.78. The number of benzene rings is 2. The number of halogens is 1. The van der Waals surface area contributed by atoms with Gasteiger partial charge in [-0.3, -0.25) is 14.4 Å². The fourth-order valence-electron chi connectivity index (χ4n) is 2.39. The van der Waals surface area contributed by atoms with E-state index < -0.39 is 20.9 Å². The molecule has 144 valence electrons. The van der Waals surface area contributed by atoms with Gasteiger partial charge in [-0.05, 0) is 44.2 Å². The largest absolute Gasteiger partial charge is 0.462 e. The highest BCUT2D eigenvalue weighted by Crippen LogP contribution is 2.29. The first-order valence-electron chi connectivity index (χ1n) is 7.96. The summed E-state index contributed by atoms with van der Waals surface area (Å²) in [5.41, 5.74) is 0.179. The molecule has 0 aliphatic carbocycles. The number of nitrogens with zero attached hydrogens (tertiary/aromatic N) is 2. The second-order valence-corrected chi connectivity index (χ2v) is 7.57. The zero-order valence-electron chi connectivity index (χ0n) is 14.6. The van der Waals surface area contributed by atoms with Gasteiger partial charge in [-0.1, -0.05) is 11.6 Å². The van der Waals surface area contributed by atoms with Crippen LogP contribution in [-0.2, 0) is 14.8 Å². The second kappa shape index (κ2) is 8.36. The van der Waals surface area contributed by atoms with Gasteiger partial charge in [0.25, 0.3) is 15.7 Å². The van der Waals surface area contributed by atoms with Crippen molar-refractivity contribution in [3.05, 3.63) is 63.2 Å². The highest BCUT2D eigenvalue weighted by atomic mass is 35.5. The summed E-state index contributed by atoms with van der Waals surface area (Å²) in [6, 6.07) is 8.79. The first kappa shape index (κ1) is 20.7. The van der Waals surface area contributed by atoms with Crippen LogP contribution in [0, 0.1) is 10.1 Å². The lowest BCUT2D eigenvalue weighted by Crippen LogP contribution is -2.30. The number of hydrogen-bond donors (Lipinski definition) is 0. The third-order valence-electron chi connectivity index (χ3n) is 3.66. The molecule has 0 bridgehead atoms.